The Morgan fingerprint density at radius 2 is 1.80 bits per heavy atom. The predicted molar refractivity (Wildman–Crippen MR) is 79.1 cm³/mol. The fourth-order valence-electron chi connectivity index (χ4n) is 1.77. The van der Waals surface area contributed by atoms with Gasteiger partial charge in [-0.05, 0) is 38.5 Å². The van der Waals surface area contributed by atoms with E-state index in [0.29, 0.717) is 18.0 Å². The number of hydrogen-bond donors (Lipinski definition) is 2. The van der Waals surface area contributed by atoms with E-state index in [-0.39, 0.29) is 18.0 Å². The molecule has 0 aromatic heterocycles. The number of methoxy groups -OCH3 is 2. The summed E-state index contributed by atoms with van der Waals surface area (Å²) in [6, 6.07) is 5.69. The summed E-state index contributed by atoms with van der Waals surface area (Å²) in [7, 11) is 3.21. The first-order valence-corrected chi connectivity index (χ1v) is 6.58. The molecule has 0 fully saturated rings. The molecule has 1 aromatic rings. The van der Waals surface area contributed by atoms with Crippen LogP contribution in [0.1, 0.15) is 26.3 Å². The van der Waals surface area contributed by atoms with Crippen LogP contribution in [0.4, 0.5) is 0 Å². The van der Waals surface area contributed by atoms with Crippen molar-refractivity contribution in [3.63, 3.8) is 0 Å². The molecule has 2 N–H and O–H groups in total. The summed E-state index contributed by atoms with van der Waals surface area (Å²) in [6.07, 6.45) is 0. The van der Waals surface area contributed by atoms with E-state index < -0.39 is 0 Å². The second-order valence-electron chi connectivity index (χ2n) is 5.59. The fourth-order valence-corrected chi connectivity index (χ4v) is 1.77. The van der Waals surface area contributed by atoms with Gasteiger partial charge in [0.2, 0.25) is 5.91 Å². The molecule has 0 radical (unpaired) electrons. The number of carbonyl (C=O) groups excluding carboxylic acids is 1. The lowest BCUT2D eigenvalue weighted by Crippen LogP contribution is -2.44. The third kappa shape index (κ3) is 5.48. The van der Waals surface area contributed by atoms with E-state index in [4.69, 9.17) is 9.47 Å². The Bertz CT molecular complexity index is 453. The molecule has 20 heavy (non-hydrogen) atoms. The highest BCUT2D eigenvalue weighted by Crippen LogP contribution is 2.27. The quantitative estimate of drug-likeness (QED) is 0.833. The minimum absolute atomic E-state index is 0.0158. The summed E-state index contributed by atoms with van der Waals surface area (Å²) in [4.78, 5) is 11.7. The van der Waals surface area contributed by atoms with Crippen LogP contribution in [0.25, 0.3) is 0 Å². The smallest absolute Gasteiger partial charge is 0.234 e. The molecule has 0 aliphatic rings. The van der Waals surface area contributed by atoms with Crippen molar-refractivity contribution in [1.82, 2.24) is 10.6 Å². The van der Waals surface area contributed by atoms with Crippen molar-refractivity contribution < 1.29 is 14.3 Å². The molecule has 0 spiro atoms. The van der Waals surface area contributed by atoms with Gasteiger partial charge >= 0.3 is 0 Å². The Kier molecular flexibility index (Phi) is 5.82. The van der Waals surface area contributed by atoms with Crippen molar-refractivity contribution in [3.8, 4) is 11.5 Å². The lowest BCUT2D eigenvalue weighted by Gasteiger charge is -2.20. The average Bonchev–Trinajstić information content (AvgIpc) is 2.36. The summed E-state index contributed by atoms with van der Waals surface area (Å²) < 4.78 is 10.4. The van der Waals surface area contributed by atoms with Crippen LogP contribution < -0.4 is 20.1 Å². The molecule has 112 valence electrons. The van der Waals surface area contributed by atoms with Gasteiger partial charge in [0.15, 0.2) is 11.5 Å². The van der Waals surface area contributed by atoms with Crippen molar-refractivity contribution >= 4 is 5.91 Å². The van der Waals surface area contributed by atoms with E-state index in [0.717, 1.165) is 5.56 Å². The minimum atomic E-state index is -0.206. The van der Waals surface area contributed by atoms with Crippen LogP contribution in [0.15, 0.2) is 18.2 Å². The van der Waals surface area contributed by atoms with Crippen LogP contribution in [0.2, 0.25) is 0 Å². The van der Waals surface area contributed by atoms with Crippen molar-refractivity contribution in [2.24, 2.45) is 0 Å². The number of carbonyl (C=O) groups is 1. The minimum Gasteiger partial charge on any atom is -0.493 e. The zero-order chi connectivity index (χ0) is 15.2. The van der Waals surface area contributed by atoms with Crippen molar-refractivity contribution in [2.45, 2.75) is 32.9 Å². The van der Waals surface area contributed by atoms with Crippen LogP contribution in [-0.4, -0.2) is 32.2 Å². The second kappa shape index (κ2) is 7.14. The molecule has 0 heterocycles. The molecule has 5 nitrogen and oxygen atoms in total. The molecule has 0 saturated heterocycles. The van der Waals surface area contributed by atoms with Gasteiger partial charge in [-0.1, -0.05) is 6.07 Å². The van der Waals surface area contributed by atoms with Gasteiger partial charge in [-0.2, -0.15) is 0 Å². The summed E-state index contributed by atoms with van der Waals surface area (Å²) in [5.41, 5.74) is 0.827. The monoisotopic (exact) mass is 280 g/mol. The Morgan fingerprint density at radius 1 is 1.15 bits per heavy atom. The van der Waals surface area contributed by atoms with Crippen LogP contribution in [0.5, 0.6) is 11.5 Å². The topological polar surface area (TPSA) is 59.6 Å². The number of ether oxygens (including phenoxy) is 2. The van der Waals surface area contributed by atoms with E-state index in [1.165, 1.54) is 0 Å². The predicted octanol–water partition coefficient (Wildman–Crippen LogP) is 1.71. The van der Waals surface area contributed by atoms with Crippen molar-refractivity contribution in [3.05, 3.63) is 23.8 Å². The Morgan fingerprint density at radius 3 is 2.35 bits per heavy atom. The molecule has 1 aromatic carbocycles. The molecule has 0 atom stereocenters. The standard InChI is InChI=1S/C15H24N2O3/c1-15(2,3)17-14(18)10-16-9-11-6-7-12(19-4)13(8-11)20-5/h6-8,16H,9-10H2,1-5H3,(H,17,18). The first kappa shape index (κ1) is 16.3. The van der Waals surface area contributed by atoms with E-state index in [1.54, 1.807) is 14.2 Å². The van der Waals surface area contributed by atoms with Crippen LogP contribution in [0.3, 0.4) is 0 Å². The maximum absolute atomic E-state index is 11.7. The molecule has 1 amide bonds. The molecular formula is C15H24N2O3. The first-order chi connectivity index (χ1) is 9.35. The number of amides is 1. The highest BCUT2D eigenvalue weighted by molar-refractivity contribution is 5.78. The molecular weight excluding hydrogens is 256 g/mol. The zero-order valence-corrected chi connectivity index (χ0v) is 12.9. The largest absolute Gasteiger partial charge is 0.493 e. The second-order valence-corrected chi connectivity index (χ2v) is 5.59. The molecule has 1 rings (SSSR count). The summed E-state index contributed by atoms with van der Waals surface area (Å²) >= 11 is 0. The summed E-state index contributed by atoms with van der Waals surface area (Å²) in [6.45, 7) is 6.75. The Hall–Kier alpha value is -1.75. The molecule has 0 bridgehead atoms. The highest BCUT2D eigenvalue weighted by Gasteiger charge is 2.13. The van der Waals surface area contributed by atoms with Gasteiger partial charge in [-0.15, -0.1) is 0 Å². The van der Waals surface area contributed by atoms with Gasteiger partial charge in [-0.25, -0.2) is 0 Å². The molecule has 0 unspecified atom stereocenters. The van der Waals surface area contributed by atoms with Crippen LogP contribution in [0, 0.1) is 0 Å². The van der Waals surface area contributed by atoms with Gasteiger partial charge in [-0.3, -0.25) is 4.79 Å². The van der Waals surface area contributed by atoms with E-state index >= 15 is 0 Å². The average molecular weight is 280 g/mol. The fraction of sp³-hybridized carbons (Fsp3) is 0.533. The first-order valence-electron chi connectivity index (χ1n) is 6.58. The maximum atomic E-state index is 11.7. The Labute approximate surface area is 120 Å². The number of nitrogens with one attached hydrogen (secondary N) is 2. The van der Waals surface area contributed by atoms with E-state index in [2.05, 4.69) is 10.6 Å². The van der Waals surface area contributed by atoms with Crippen LogP contribution >= 0.6 is 0 Å². The Balaban J connectivity index is 2.48. The van der Waals surface area contributed by atoms with Crippen molar-refractivity contribution in [2.75, 3.05) is 20.8 Å². The molecule has 0 saturated carbocycles. The molecule has 0 aliphatic heterocycles. The summed E-state index contributed by atoms with van der Waals surface area (Å²) in [5.74, 6) is 1.37. The third-order valence-electron chi connectivity index (χ3n) is 2.58. The molecule has 5 heteroatoms. The number of hydrogen-bond acceptors (Lipinski definition) is 4. The van der Waals surface area contributed by atoms with Gasteiger partial charge in [0, 0.05) is 12.1 Å². The van der Waals surface area contributed by atoms with Gasteiger partial charge in [0.25, 0.3) is 0 Å². The van der Waals surface area contributed by atoms with Crippen LogP contribution in [-0.2, 0) is 11.3 Å². The lowest BCUT2D eigenvalue weighted by molar-refractivity contribution is -0.121. The number of rotatable bonds is 6. The normalized spacial score (nSPS) is 11.1. The van der Waals surface area contributed by atoms with Gasteiger partial charge in [0.1, 0.15) is 0 Å². The maximum Gasteiger partial charge on any atom is 0.234 e. The zero-order valence-electron chi connectivity index (χ0n) is 12.9. The van der Waals surface area contributed by atoms with Gasteiger partial charge < -0.3 is 20.1 Å². The van der Waals surface area contributed by atoms with E-state index in [9.17, 15) is 4.79 Å². The summed E-state index contributed by atoms with van der Waals surface area (Å²) in [5, 5.41) is 6.00. The van der Waals surface area contributed by atoms with Crippen molar-refractivity contribution in [1.29, 1.82) is 0 Å². The molecule has 0 aliphatic carbocycles. The van der Waals surface area contributed by atoms with Gasteiger partial charge in [0.05, 0.1) is 20.8 Å². The highest BCUT2D eigenvalue weighted by atomic mass is 16.5. The SMILES string of the molecule is COc1ccc(CNCC(=O)NC(C)(C)C)cc1OC. The third-order valence-corrected chi connectivity index (χ3v) is 2.58. The lowest BCUT2D eigenvalue weighted by atomic mass is 10.1. The van der Waals surface area contributed by atoms with E-state index in [1.807, 2.05) is 39.0 Å². The number of benzene rings is 1.